The van der Waals surface area contributed by atoms with Crippen LogP contribution in [0.25, 0.3) is 0 Å². The Morgan fingerprint density at radius 3 is 1.35 bits per heavy atom. The van der Waals surface area contributed by atoms with E-state index >= 15 is 0 Å². The second-order valence-corrected chi connectivity index (χ2v) is 8.76. The molecule has 114 valence electrons. The minimum atomic E-state index is 0.317. The van der Waals surface area contributed by atoms with Crippen LogP contribution in [0.1, 0.15) is 64.2 Å². The van der Waals surface area contributed by atoms with Crippen molar-refractivity contribution >= 4 is 54.8 Å². The molecule has 2 saturated carbocycles. The van der Waals surface area contributed by atoms with Crippen molar-refractivity contribution in [1.29, 1.82) is 0 Å². The summed E-state index contributed by atoms with van der Waals surface area (Å²) >= 11 is 10.5. The fourth-order valence-corrected chi connectivity index (χ4v) is 4.76. The van der Waals surface area contributed by atoms with Crippen LogP contribution in [0.15, 0.2) is 0 Å². The van der Waals surface area contributed by atoms with Crippen molar-refractivity contribution in [2.45, 2.75) is 76.4 Å². The molecule has 0 aromatic rings. The Morgan fingerprint density at radius 1 is 0.650 bits per heavy atom. The SMILES string of the molecule is S=C(OC1CCCCC1)SSC(=S)OC1CCCCC1. The average Bonchev–Trinajstić information content (AvgIpc) is 2.47. The largest absolute Gasteiger partial charge is 0.475 e. The molecular weight excluding hydrogens is 328 g/mol. The molecule has 0 unspecified atom stereocenters. The molecule has 0 amide bonds. The number of ether oxygens (including phenoxy) is 2. The molecule has 0 radical (unpaired) electrons. The highest BCUT2D eigenvalue weighted by atomic mass is 33.1. The summed E-state index contributed by atoms with van der Waals surface area (Å²) in [6.45, 7) is 0. The number of rotatable bonds is 2. The van der Waals surface area contributed by atoms with E-state index in [-0.39, 0.29) is 0 Å². The van der Waals surface area contributed by atoms with Gasteiger partial charge in [0.2, 0.25) is 8.77 Å². The van der Waals surface area contributed by atoms with E-state index in [0.717, 1.165) is 25.7 Å². The fourth-order valence-electron chi connectivity index (χ4n) is 2.75. The summed E-state index contributed by atoms with van der Waals surface area (Å²) in [4.78, 5) is 0. The molecule has 0 aromatic heterocycles. The van der Waals surface area contributed by atoms with Gasteiger partial charge in [0.05, 0.1) is 0 Å². The third-order valence-electron chi connectivity index (χ3n) is 3.81. The van der Waals surface area contributed by atoms with E-state index in [1.165, 1.54) is 60.1 Å². The Hall–Kier alpha value is 0.480. The number of hydrogen-bond acceptors (Lipinski definition) is 6. The van der Waals surface area contributed by atoms with Crippen LogP contribution in [0.3, 0.4) is 0 Å². The third-order valence-corrected chi connectivity index (χ3v) is 6.84. The Kier molecular flexibility index (Phi) is 7.99. The van der Waals surface area contributed by atoms with Gasteiger partial charge in [-0.05, 0) is 75.8 Å². The Labute approximate surface area is 140 Å². The quantitative estimate of drug-likeness (QED) is 0.471. The van der Waals surface area contributed by atoms with Crippen LogP contribution in [-0.4, -0.2) is 21.0 Å². The fraction of sp³-hybridized carbons (Fsp3) is 0.857. The van der Waals surface area contributed by atoms with Crippen molar-refractivity contribution in [3.8, 4) is 0 Å². The molecule has 0 spiro atoms. The Bertz CT molecular complexity index is 291. The standard InChI is InChI=1S/C14H22O2S4/c17-13(15-11-7-3-1-4-8-11)19-20-14(18)16-12-9-5-2-6-10-12/h11-12H,1-10H2. The van der Waals surface area contributed by atoms with Gasteiger partial charge in [0, 0.05) is 21.6 Å². The molecule has 0 aliphatic heterocycles. The van der Waals surface area contributed by atoms with Gasteiger partial charge in [-0.15, -0.1) is 0 Å². The molecule has 2 nitrogen and oxygen atoms in total. The molecule has 0 N–H and O–H groups in total. The van der Waals surface area contributed by atoms with Crippen LogP contribution in [0, 0.1) is 0 Å². The minimum absolute atomic E-state index is 0.317. The topological polar surface area (TPSA) is 18.5 Å². The van der Waals surface area contributed by atoms with Gasteiger partial charge in [0.15, 0.2) is 0 Å². The van der Waals surface area contributed by atoms with Gasteiger partial charge in [-0.25, -0.2) is 0 Å². The molecule has 6 heteroatoms. The van der Waals surface area contributed by atoms with Gasteiger partial charge in [0.25, 0.3) is 0 Å². The predicted octanol–water partition coefficient (Wildman–Crippen LogP) is 5.64. The van der Waals surface area contributed by atoms with Crippen LogP contribution in [0.2, 0.25) is 0 Å². The second-order valence-electron chi connectivity index (χ2n) is 5.42. The number of hydrogen-bond donors (Lipinski definition) is 0. The summed E-state index contributed by atoms with van der Waals surface area (Å²) in [6, 6.07) is 0. The lowest BCUT2D eigenvalue weighted by Crippen LogP contribution is -2.19. The highest BCUT2D eigenvalue weighted by Gasteiger charge is 2.19. The lowest BCUT2D eigenvalue weighted by atomic mass is 9.98. The second kappa shape index (κ2) is 9.49. The first kappa shape index (κ1) is 16.8. The smallest absolute Gasteiger partial charge is 0.231 e. The summed E-state index contributed by atoms with van der Waals surface area (Å²) in [5.41, 5.74) is 0. The van der Waals surface area contributed by atoms with Gasteiger partial charge in [-0.1, -0.05) is 12.8 Å². The van der Waals surface area contributed by atoms with E-state index < -0.39 is 0 Å². The van der Waals surface area contributed by atoms with Crippen LogP contribution in [0.4, 0.5) is 0 Å². The van der Waals surface area contributed by atoms with Crippen LogP contribution in [0.5, 0.6) is 0 Å². The minimum Gasteiger partial charge on any atom is -0.475 e. The van der Waals surface area contributed by atoms with Crippen molar-refractivity contribution in [2.24, 2.45) is 0 Å². The highest BCUT2D eigenvalue weighted by Crippen LogP contribution is 2.31. The maximum Gasteiger partial charge on any atom is 0.231 e. The summed E-state index contributed by atoms with van der Waals surface area (Å²) in [5.74, 6) is 0. The van der Waals surface area contributed by atoms with Gasteiger partial charge in [0.1, 0.15) is 12.2 Å². The first-order valence-electron chi connectivity index (χ1n) is 7.50. The zero-order valence-corrected chi connectivity index (χ0v) is 14.9. The Morgan fingerprint density at radius 2 is 1.00 bits per heavy atom. The van der Waals surface area contributed by atoms with E-state index in [4.69, 9.17) is 33.9 Å². The first-order chi connectivity index (χ1) is 9.74. The third kappa shape index (κ3) is 6.50. The molecule has 2 aliphatic carbocycles. The molecule has 2 fully saturated rings. The molecule has 0 atom stereocenters. The van der Waals surface area contributed by atoms with Crippen molar-refractivity contribution in [3.63, 3.8) is 0 Å². The van der Waals surface area contributed by atoms with Crippen LogP contribution >= 0.6 is 46.0 Å². The average molecular weight is 351 g/mol. The van der Waals surface area contributed by atoms with Crippen LogP contribution in [-0.2, 0) is 9.47 Å². The van der Waals surface area contributed by atoms with Crippen molar-refractivity contribution < 1.29 is 9.47 Å². The van der Waals surface area contributed by atoms with E-state index in [1.54, 1.807) is 0 Å². The van der Waals surface area contributed by atoms with Gasteiger partial charge in [-0.2, -0.15) is 0 Å². The zero-order valence-electron chi connectivity index (χ0n) is 11.7. The lowest BCUT2D eigenvalue weighted by Gasteiger charge is -2.23. The monoisotopic (exact) mass is 350 g/mol. The maximum absolute atomic E-state index is 5.79. The summed E-state index contributed by atoms with van der Waals surface area (Å²) < 4.78 is 12.8. The molecule has 0 saturated heterocycles. The molecule has 2 rings (SSSR count). The van der Waals surface area contributed by atoms with E-state index in [2.05, 4.69) is 0 Å². The van der Waals surface area contributed by atoms with E-state index in [9.17, 15) is 0 Å². The normalized spacial score (nSPS) is 21.4. The first-order valence-corrected chi connectivity index (χ1v) is 10.5. The predicted molar refractivity (Wildman–Crippen MR) is 96.3 cm³/mol. The molecule has 20 heavy (non-hydrogen) atoms. The molecule has 0 bridgehead atoms. The molecule has 0 heterocycles. The summed E-state index contributed by atoms with van der Waals surface area (Å²) in [7, 11) is 2.85. The van der Waals surface area contributed by atoms with Crippen molar-refractivity contribution in [3.05, 3.63) is 0 Å². The van der Waals surface area contributed by atoms with Gasteiger partial charge >= 0.3 is 0 Å². The summed E-state index contributed by atoms with van der Waals surface area (Å²) in [6.07, 6.45) is 12.9. The van der Waals surface area contributed by atoms with Crippen molar-refractivity contribution in [2.75, 3.05) is 0 Å². The maximum atomic E-state index is 5.79. The molecular formula is C14H22O2S4. The van der Waals surface area contributed by atoms with Gasteiger partial charge < -0.3 is 9.47 Å². The molecule has 0 aromatic carbocycles. The highest BCUT2D eigenvalue weighted by molar-refractivity contribution is 8.89. The lowest BCUT2D eigenvalue weighted by molar-refractivity contribution is 0.152. The van der Waals surface area contributed by atoms with E-state index in [0.29, 0.717) is 21.0 Å². The van der Waals surface area contributed by atoms with Crippen LogP contribution < -0.4 is 0 Å². The number of thiocarbonyl (C=S) groups is 2. The zero-order chi connectivity index (χ0) is 14.2. The van der Waals surface area contributed by atoms with Gasteiger partial charge in [-0.3, -0.25) is 0 Å². The van der Waals surface area contributed by atoms with E-state index in [1.807, 2.05) is 0 Å². The van der Waals surface area contributed by atoms with Crippen molar-refractivity contribution in [1.82, 2.24) is 0 Å². The summed E-state index contributed by atoms with van der Waals surface area (Å²) in [5, 5.41) is 0. The molecule has 2 aliphatic rings. The Balaban J connectivity index is 1.58.